The van der Waals surface area contributed by atoms with E-state index < -0.39 is 47.0 Å². The van der Waals surface area contributed by atoms with Crippen LogP contribution in [0.5, 0.6) is 0 Å². The molecule has 27 heavy (non-hydrogen) atoms. The number of amides is 6. The number of hydrogen-bond donors (Lipinski definition) is 2. The molecule has 138 valence electrons. The van der Waals surface area contributed by atoms with Crippen LogP contribution in [0.1, 0.15) is 12.8 Å². The normalized spacial score (nSPS) is 31.9. The number of imide groups is 3. The molecule has 5 rings (SSSR count). The van der Waals surface area contributed by atoms with E-state index in [1.807, 2.05) is 0 Å². The predicted octanol–water partition coefficient (Wildman–Crippen LogP) is -0.625. The minimum Gasteiger partial charge on any atom is -0.277 e. The van der Waals surface area contributed by atoms with Gasteiger partial charge >= 0.3 is 6.03 Å². The molecule has 9 nitrogen and oxygen atoms in total. The quantitative estimate of drug-likeness (QED) is 0.504. The van der Waals surface area contributed by atoms with Gasteiger partial charge in [-0.1, -0.05) is 18.2 Å². The molecular weight excluding hydrogens is 352 g/mol. The summed E-state index contributed by atoms with van der Waals surface area (Å²) in [4.78, 5) is 66.6. The maximum Gasteiger partial charge on any atom is 0.328 e. The largest absolute Gasteiger partial charge is 0.328 e. The van der Waals surface area contributed by atoms with Gasteiger partial charge in [0.05, 0.1) is 17.5 Å². The zero-order valence-corrected chi connectivity index (χ0v) is 14.2. The van der Waals surface area contributed by atoms with Gasteiger partial charge in [0.1, 0.15) is 0 Å². The number of benzene rings is 1. The molecule has 0 saturated carbocycles. The number of rotatable bonds is 1. The second-order valence-corrected chi connectivity index (χ2v) is 7.26. The fraction of sp³-hybridized carbons (Fsp3) is 0.389. The van der Waals surface area contributed by atoms with Crippen molar-refractivity contribution in [2.24, 2.45) is 11.8 Å². The van der Waals surface area contributed by atoms with Gasteiger partial charge in [-0.2, -0.15) is 0 Å². The van der Waals surface area contributed by atoms with Crippen LogP contribution in [0.3, 0.4) is 0 Å². The molecule has 0 bridgehead atoms. The average Bonchev–Trinajstić information content (AvgIpc) is 3.26. The Labute approximate surface area is 153 Å². The second-order valence-electron chi connectivity index (χ2n) is 7.26. The van der Waals surface area contributed by atoms with Crippen molar-refractivity contribution in [2.75, 3.05) is 11.4 Å². The molecule has 4 fully saturated rings. The van der Waals surface area contributed by atoms with Crippen molar-refractivity contribution in [3.05, 3.63) is 30.3 Å². The van der Waals surface area contributed by atoms with Crippen molar-refractivity contribution < 1.29 is 24.0 Å². The van der Waals surface area contributed by atoms with Crippen LogP contribution in [-0.2, 0) is 19.2 Å². The first-order chi connectivity index (χ1) is 13.0. The molecule has 0 radical (unpaired) electrons. The maximum absolute atomic E-state index is 13.3. The van der Waals surface area contributed by atoms with Crippen molar-refractivity contribution in [3.8, 4) is 0 Å². The number of anilines is 1. The summed E-state index contributed by atoms with van der Waals surface area (Å²) in [5.41, 5.74) is -1.45. The van der Waals surface area contributed by atoms with Crippen molar-refractivity contribution in [2.45, 2.75) is 24.4 Å². The molecule has 9 heteroatoms. The molecule has 1 spiro atoms. The van der Waals surface area contributed by atoms with Gasteiger partial charge in [0.15, 0.2) is 5.54 Å². The first-order valence-electron chi connectivity index (χ1n) is 8.84. The molecule has 0 aliphatic carbocycles. The van der Waals surface area contributed by atoms with Crippen molar-refractivity contribution in [3.63, 3.8) is 0 Å². The molecular formula is C18H16N4O5. The third-order valence-corrected chi connectivity index (χ3v) is 6.13. The lowest BCUT2D eigenvalue weighted by atomic mass is 9.77. The van der Waals surface area contributed by atoms with Gasteiger partial charge in [-0.3, -0.25) is 34.7 Å². The summed E-state index contributed by atoms with van der Waals surface area (Å²) in [6.07, 6.45) is 1.32. The number of hydrogen-bond acceptors (Lipinski definition) is 6. The van der Waals surface area contributed by atoms with Gasteiger partial charge < -0.3 is 0 Å². The third-order valence-electron chi connectivity index (χ3n) is 6.13. The Balaban J connectivity index is 1.67. The van der Waals surface area contributed by atoms with E-state index in [0.717, 1.165) is 4.90 Å². The summed E-state index contributed by atoms with van der Waals surface area (Å²) >= 11 is 0. The van der Waals surface area contributed by atoms with Gasteiger partial charge in [-0.15, -0.1) is 0 Å². The molecule has 4 saturated heterocycles. The van der Waals surface area contributed by atoms with Crippen LogP contribution >= 0.6 is 0 Å². The molecule has 4 heterocycles. The molecule has 0 unspecified atom stereocenters. The highest BCUT2D eigenvalue weighted by atomic mass is 16.2. The van der Waals surface area contributed by atoms with Crippen LogP contribution in [-0.4, -0.2) is 52.7 Å². The van der Waals surface area contributed by atoms with Crippen LogP contribution in [0.15, 0.2) is 30.3 Å². The van der Waals surface area contributed by atoms with E-state index in [1.165, 1.54) is 0 Å². The summed E-state index contributed by atoms with van der Waals surface area (Å²) in [7, 11) is 0. The van der Waals surface area contributed by atoms with Crippen LogP contribution in [0.25, 0.3) is 0 Å². The molecule has 0 aromatic heterocycles. The number of fused-ring (bicyclic) bond motifs is 5. The highest BCUT2D eigenvalue weighted by Crippen LogP contribution is 2.53. The lowest BCUT2D eigenvalue weighted by molar-refractivity contribution is -0.151. The average molecular weight is 368 g/mol. The van der Waals surface area contributed by atoms with E-state index in [2.05, 4.69) is 10.6 Å². The van der Waals surface area contributed by atoms with Gasteiger partial charge in [0, 0.05) is 12.6 Å². The summed E-state index contributed by atoms with van der Waals surface area (Å²) in [6.45, 7) is 0.415. The molecule has 2 N–H and O–H groups in total. The minimum atomic E-state index is -1.87. The van der Waals surface area contributed by atoms with E-state index in [4.69, 9.17) is 0 Å². The minimum absolute atomic E-state index is 0.384. The van der Waals surface area contributed by atoms with E-state index in [-0.39, 0.29) is 6.04 Å². The third kappa shape index (κ3) is 1.79. The number of para-hydroxylation sites is 1. The van der Waals surface area contributed by atoms with E-state index in [9.17, 15) is 24.0 Å². The molecule has 1 aromatic carbocycles. The Morgan fingerprint density at radius 2 is 1.59 bits per heavy atom. The number of carbonyl (C=O) groups excluding carboxylic acids is 5. The van der Waals surface area contributed by atoms with Gasteiger partial charge in [0.2, 0.25) is 11.8 Å². The Morgan fingerprint density at radius 3 is 2.26 bits per heavy atom. The number of urea groups is 1. The van der Waals surface area contributed by atoms with Crippen molar-refractivity contribution >= 4 is 35.3 Å². The Kier molecular flexibility index (Phi) is 3.12. The molecule has 6 amide bonds. The topological polar surface area (TPSA) is 116 Å². The van der Waals surface area contributed by atoms with Crippen LogP contribution in [0.2, 0.25) is 0 Å². The van der Waals surface area contributed by atoms with E-state index >= 15 is 0 Å². The summed E-state index contributed by atoms with van der Waals surface area (Å²) < 4.78 is 0. The second kappa shape index (κ2) is 5.23. The zero-order chi connectivity index (χ0) is 18.9. The predicted molar refractivity (Wildman–Crippen MR) is 90.1 cm³/mol. The number of nitrogens with one attached hydrogen (secondary N) is 2. The highest BCUT2D eigenvalue weighted by molar-refractivity contribution is 6.31. The van der Waals surface area contributed by atoms with Gasteiger partial charge in [-0.05, 0) is 25.0 Å². The first-order valence-corrected chi connectivity index (χ1v) is 8.84. The summed E-state index contributed by atoms with van der Waals surface area (Å²) in [5, 5.41) is 4.25. The van der Waals surface area contributed by atoms with Crippen molar-refractivity contribution in [1.82, 2.24) is 15.5 Å². The fourth-order valence-corrected chi connectivity index (χ4v) is 5.21. The maximum atomic E-state index is 13.3. The lowest BCUT2D eigenvalue weighted by Crippen LogP contribution is -2.74. The lowest BCUT2D eigenvalue weighted by Gasteiger charge is -2.40. The monoisotopic (exact) mass is 368 g/mol. The van der Waals surface area contributed by atoms with E-state index in [0.29, 0.717) is 25.1 Å². The van der Waals surface area contributed by atoms with Crippen LogP contribution in [0.4, 0.5) is 10.5 Å². The van der Waals surface area contributed by atoms with Crippen LogP contribution in [0, 0.1) is 11.8 Å². The van der Waals surface area contributed by atoms with E-state index in [1.54, 1.807) is 35.2 Å². The highest BCUT2D eigenvalue weighted by Gasteiger charge is 2.76. The van der Waals surface area contributed by atoms with Crippen molar-refractivity contribution in [1.29, 1.82) is 0 Å². The molecule has 3 atom stereocenters. The summed E-state index contributed by atoms with van der Waals surface area (Å²) in [6, 6.07) is 7.17. The smallest absolute Gasteiger partial charge is 0.277 e. The molecule has 1 aromatic rings. The number of carbonyl (C=O) groups is 5. The molecule has 4 aliphatic heterocycles. The van der Waals surface area contributed by atoms with Gasteiger partial charge in [0.25, 0.3) is 11.8 Å². The molecule has 4 aliphatic rings. The van der Waals surface area contributed by atoms with Crippen LogP contribution < -0.4 is 15.5 Å². The number of barbiturate groups is 1. The fourth-order valence-electron chi connectivity index (χ4n) is 5.21. The standard InChI is InChI=1S/C18H16N4O5/c23-13-11-10-7-4-8-21(10)18(15(25)19-17(27)20-16(18)26)12(11)14(24)22(13)9-5-2-1-3-6-9/h1-3,5-6,10-12H,4,7-8H2,(H2,19,20,25,26,27)/t10-,11+,12+/m1/s1. The Hall–Kier alpha value is -3.07. The first kappa shape index (κ1) is 16.1. The SMILES string of the molecule is O=C1NC(=O)C2(C(=O)N1)[C@@H]1C(=O)N(c3ccccc3)C(=O)[C@H]1[C@H]1CCCN12. The number of nitrogens with zero attached hydrogens (tertiary/aromatic N) is 2. The Morgan fingerprint density at radius 1 is 0.926 bits per heavy atom. The zero-order valence-electron chi connectivity index (χ0n) is 14.2. The Bertz CT molecular complexity index is 894. The summed E-state index contributed by atoms with van der Waals surface area (Å²) in [5.74, 6) is -4.57. The van der Waals surface area contributed by atoms with Gasteiger partial charge in [-0.25, -0.2) is 9.69 Å².